The summed E-state index contributed by atoms with van der Waals surface area (Å²) in [7, 11) is 0. The van der Waals surface area contributed by atoms with Crippen LogP contribution in [0.1, 0.15) is 12.2 Å². The van der Waals surface area contributed by atoms with Gasteiger partial charge in [-0.2, -0.15) is 0 Å². The summed E-state index contributed by atoms with van der Waals surface area (Å²) in [5.41, 5.74) is 1.98. The third-order valence-electron chi connectivity index (χ3n) is 3.28. The van der Waals surface area contributed by atoms with Gasteiger partial charge in [0, 0.05) is 38.3 Å². The number of hydrogen-bond donors (Lipinski definition) is 2. The lowest BCUT2D eigenvalue weighted by molar-refractivity contribution is -0.121. The summed E-state index contributed by atoms with van der Waals surface area (Å²) in [4.78, 5) is 23.4. The highest BCUT2D eigenvalue weighted by Gasteiger charge is 2.04. The first-order chi connectivity index (χ1) is 10.3. The molecule has 2 N–H and O–H groups in total. The van der Waals surface area contributed by atoms with Gasteiger partial charge < -0.3 is 14.9 Å². The Morgan fingerprint density at radius 1 is 1.33 bits per heavy atom. The maximum atomic E-state index is 11.7. The van der Waals surface area contributed by atoms with E-state index in [-0.39, 0.29) is 5.91 Å². The normalized spacial score (nSPS) is 10.9. The Morgan fingerprint density at radius 2 is 2.24 bits per heavy atom. The maximum absolute atomic E-state index is 11.7. The molecule has 0 aliphatic rings. The molecule has 2 aromatic heterocycles. The van der Waals surface area contributed by atoms with E-state index in [0.717, 1.165) is 16.9 Å². The van der Waals surface area contributed by atoms with Crippen LogP contribution in [0.4, 0.5) is 0 Å². The fraction of sp³-hybridized carbons (Fsp3) is 0.267. The molecule has 0 radical (unpaired) electrons. The minimum atomic E-state index is 0.0415. The number of benzene rings is 1. The van der Waals surface area contributed by atoms with Gasteiger partial charge in [-0.05, 0) is 12.1 Å². The zero-order valence-electron chi connectivity index (χ0n) is 11.6. The van der Waals surface area contributed by atoms with Crippen molar-refractivity contribution >= 4 is 16.9 Å². The molecular formula is C15H17N5O. The van der Waals surface area contributed by atoms with Crippen LogP contribution < -0.4 is 5.32 Å². The van der Waals surface area contributed by atoms with Crippen LogP contribution in [-0.4, -0.2) is 32.0 Å². The standard InChI is InChI=1S/C15H17N5O/c21-15(6-9-20-10-8-16-11-20)17-7-5-14-18-12-3-1-2-4-13(12)19-14/h1-4,8,10-11H,5-7,9H2,(H,17,21)(H,18,19). The first kappa shape index (κ1) is 13.4. The Labute approximate surface area is 122 Å². The van der Waals surface area contributed by atoms with Gasteiger partial charge in [0.05, 0.1) is 17.4 Å². The van der Waals surface area contributed by atoms with Crippen molar-refractivity contribution < 1.29 is 4.79 Å². The number of H-pyrrole nitrogens is 1. The average Bonchev–Trinajstić information content (AvgIpc) is 3.14. The highest BCUT2D eigenvalue weighted by atomic mass is 16.1. The number of fused-ring (bicyclic) bond motifs is 1. The molecule has 1 aromatic carbocycles. The van der Waals surface area contributed by atoms with Crippen molar-refractivity contribution in [1.29, 1.82) is 0 Å². The van der Waals surface area contributed by atoms with E-state index >= 15 is 0 Å². The number of aryl methyl sites for hydroxylation is 1. The number of carbonyl (C=O) groups excluding carboxylic acids is 1. The molecule has 108 valence electrons. The van der Waals surface area contributed by atoms with Gasteiger partial charge in [-0.25, -0.2) is 9.97 Å². The van der Waals surface area contributed by atoms with E-state index in [2.05, 4.69) is 20.3 Å². The Balaban J connectivity index is 1.44. The number of nitrogens with one attached hydrogen (secondary N) is 2. The molecule has 0 spiro atoms. The molecule has 6 heteroatoms. The summed E-state index contributed by atoms with van der Waals surface area (Å²) < 4.78 is 1.89. The monoisotopic (exact) mass is 283 g/mol. The smallest absolute Gasteiger partial charge is 0.221 e. The first-order valence-electron chi connectivity index (χ1n) is 6.97. The minimum absolute atomic E-state index is 0.0415. The molecule has 0 atom stereocenters. The van der Waals surface area contributed by atoms with Crippen molar-refractivity contribution in [2.75, 3.05) is 6.54 Å². The highest BCUT2D eigenvalue weighted by molar-refractivity contribution is 5.76. The van der Waals surface area contributed by atoms with Crippen molar-refractivity contribution in [1.82, 2.24) is 24.8 Å². The van der Waals surface area contributed by atoms with Crippen LogP contribution in [0.2, 0.25) is 0 Å². The van der Waals surface area contributed by atoms with E-state index in [1.54, 1.807) is 12.5 Å². The summed E-state index contributed by atoms with van der Waals surface area (Å²) in [6.45, 7) is 1.24. The number of aromatic nitrogens is 4. The Kier molecular flexibility index (Phi) is 3.95. The third kappa shape index (κ3) is 3.47. The summed E-state index contributed by atoms with van der Waals surface area (Å²) >= 11 is 0. The molecule has 0 saturated heterocycles. The molecule has 0 unspecified atom stereocenters. The van der Waals surface area contributed by atoms with Gasteiger partial charge in [-0.1, -0.05) is 12.1 Å². The van der Waals surface area contributed by atoms with Crippen LogP contribution in [0, 0.1) is 0 Å². The first-order valence-corrected chi connectivity index (χ1v) is 6.97. The van der Waals surface area contributed by atoms with Crippen LogP contribution in [0.25, 0.3) is 11.0 Å². The number of hydrogen-bond acceptors (Lipinski definition) is 3. The molecule has 0 bridgehead atoms. The summed E-state index contributed by atoms with van der Waals surface area (Å²) in [5.74, 6) is 0.936. The SMILES string of the molecule is O=C(CCn1ccnc1)NCCc1nc2ccccc2[nH]1. The second-order valence-corrected chi connectivity index (χ2v) is 4.85. The Hall–Kier alpha value is -2.63. The maximum Gasteiger partial charge on any atom is 0.221 e. The lowest BCUT2D eigenvalue weighted by Gasteiger charge is -2.04. The largest absolute Gasteiger partial charge is 0.356 e. The highest BCUT2D eigenvalue weighted by Crippen LogP contribution is 2.10. The second kappa shape index (κ2) is 6.21. The molecule has 1 amide bonds. The van der Waals surface area contributed by atoms with Crippen molar-refractivity contribution in [3.63, 3.8) is 0 Å². The fourth-order valence-corrected chi connectivity index (χ4v) is 2.18. The van der Waals surface area contributed by atoms with E-state index < -0.39 is 0 Å². The van der Waals surface area contributed by atoms with Crippen molar-refractivity contribution in [2.24, 2.45) is 0 Å². The van der Waals surface area contributed by atoms with E-state index in [0.29, 0.717) is 25.9 Å². The third-order valence-corrected chi connectivity index (χ3v) is 3.28. The molecule has 3 rings (SSSR count). The second-order valence-electron chi connectivity index (χ2n) is 4.85. The molecule has 0 saturated carbocycles. The molecule has 2 heterocycles. The van der Waals surface area contributed by atoms with E-state index in [1.807, 2.05) is 35.0 Å². The molecule has 0 aliphatic carbocycles. The van der Waals surface area contributed by atoms with Crippen LogP contribution in [0.5, 0.6) is 0 Å². The topological polar surface area (TPSA) is 75.6 Å². The van der Waals surface area contributed by atoms with Crippen LogP contribution in [-0.2, 0) is 17.8 Å². The molecule has 0 aliphatic heterocycles. The van der Waals surface area contributed by atoms with Gasteiger partial charge in [0.15, 0.2) is 0 Å². The Bertz CT molecular complexity index is 684. The molecule has 6 nitrogen and oxygen atoms in total. The predicted molar refractivity (Wildman–Crippen MR) is 79.7 cm³/mol. The quantitative estimate of drug-likeness (QED) is 0.720. The van der Waals surface area contributed by atoms with E-state index in [9.17, 15) is 4.79 Å². The van der Waals surface area contributed by atoms with E-state index in [4.69, 9.17) is 0 Å². The van der Waals surface area contributed by atoms with Crippen LogP contribution in [0.15, 0.2) is 43.0 Å². The summed E-state index contributed by atoms with van der Waals surface area (Å²) in [6, 6.07) is 7.90. The van der Waals surface area contributed by atoms with Gasteiger partial charge in [-0.3, -0.25) is 4.79 Å². The zero-order chi connectivity index (χ0) is 14.5. The number of rotatable bonds is 6. The number of amides is 1. The number of aromatic amines is 1. The average molecular weight is 283 g/mol. The van der Waals surface area contributed by atoms with Gasteiger partial charge in [0.25, 0.3) is 0 Å². The summed E-state index contributed by atoms with van der Waals surface area (Å²) in [5, 5.41) is 2.91. The van der Waals surface area contributed by atoms with Crippen LogP contribution in [0.3, 0.4) is 0 Å². The number of imidazole rings is 2. The zero-order valence-corrected chi connectivity index (χ0v) is 11.6. The van der Waals surface area contributed by atoms with Gasteiger partial charge >= 0.3 is 0 Å². The van der Waals surface area contributed by atoms with Gasteiger partial charge in [0.1, 0.15) is 5.82 Å². The molecular weight excluding hydrogens is 266 g/mol. The van der Waals surface area contributed by atoms with Crippen LogP contribution >= 0.6 is 0 Å². The van der Waals surface area contributed by atoms with Crippen molar-refractivity contribution in [2.45, 2.75) is 19.4 Å². The number of carbonyl (C=O) groups is 1. The fourth-order valence-electron chi connectivity index (χ4n) is 2.18. The molecule has 0 fully saturated rings. The van der Waals surface area contributed by atoms with Gasteiger partial charge in [0.2, 0.25) is 5.91 Å². The Morgan fingerprint density at radius 3 is 3.05 bits per heavy atom. The number of para-hydroxylation sites is 2. The molecule has 3 aromatic rings. The summed E-state index contributed by atoms with van der Waals surface area (Å²) in [6.07, 6.45) is 6.42. The molecule has 21 heavy (non-hydrogen) atoms. The van der Waals surface area contributed by atoms with E-state index in [1.165, 1.54) is 0 Å². The lowest BCUT2D eigenvalue weighted by Crippen LogP contribution is -2.26. The lowest BCUT2D eigenvalue weighted by atomic mass is 10.3. The number of nitrogens with zero attached hydrogens (tertiary/aromatic N) is 3. The van der Waals surface area contributed by atoms with Crippen molar-refractivity contribution in [3.8, 4) is 0 Å². The minimum Gasteiger partial charge on any atom is -0.356 e. The van der Waals surface area contributed by atoms with Gasteiger partial charge in [-0.15, -0.1) is 0 Å². The van der Waals surface area contributed by atoms with Crippen molar-refractivity contribution in [3.05, 3.63) is 48.8 Å². The predicted octanol–water partition coefficient (Wildman–Crippen LogP) is 1.51.